The van der Waals surface area contributed by atoms with E-state index in [-0.39, 0.29) is 12.5 Å². The fraction of sp³-hybridized carbons (Fsp3) is 0.333. The van der Waals surface area contributed by atoms with E-state index in [1.54, 1.807) is 25.1 Å². The zero-order chi connectivity index (χ0) is 12.7. The summed E-state index contributed by atoms with van der Waals surface area (Å²) >= 11 is 0. The van der Waals surface area contributed by atoms with Crippen LogP contribution in [0.5, 0.6) is 0 Å². The van der Waals surface area contributed by atoms with Crippen molar-refractivity contribution < 1.29 is 18.7 Å². The topological polar surface area (TPSA) is 59.8 Å². The highest BCUT2D eigenvalue weighted by atomic mass is 16.5. The Balaban J connectivity index is 2.44. The van der Waals surface area contributed by atoms with Crippen molar-refractivity contribution in [3.8, 4) is 0 Å². The van der Waals surface area contributed by atoms with Gasteiger partial charge >= 0.3 is 5.97 Å². The van der Waals surface area contributed by atoms with Crippen LogP contribution in [0.15, 0.2) is 28.9 Å². The molecule has 5 nitrogen and oxygen atoms in total. The molecule has 0 spiro atoms. The summed E-state index contributed by atoms with van der Waals surface area (Å²) in [5, 5.41) is 0. The van der Waals surface area contributed by atoms with Crippen LogP contribution >= 0.6 is 0 Å². The van der Waals surface area contributed by atoms with E-state index in [0.29, 0.717) is 12.4 Å². The fourth-order valence-corrected chi connectivity index (χ4v) is 1.14. The maximum absolute atomic E-state index is 11.6. The molecule has 0 aromatic carbocycles. The molecule has 0 bridgehead atoms. The Morgan fingerprint density at radius 2 is 2.29 bits per heavy atom. The molecule has 0 unspecified atom stereocenters. The van der Waals surface area contributed by atoms with Crippen LogP contribution in [0.4, 0.5) is 0 Å². The summed E-state index contributed by atoms with van der Waals surface area (Å²) in [6, 6.07) is 3.46. The zero-order valence-corrected chi connectivity index (χ0v) is 9.88. The first-order valence-electron chi connectivity index (χ1n) is 5.25. The Bertz CT molecular complexity index is 395. The van der Waals surface area contributed by atoms with E-state index < -0.39 is 5.97 Å². The molecule has 1 amide bonds. The second-order valence-corrected chi connectivity index (χ2v) is 3.35. The summed E-state index contributed by atoms with van der Waals surface area (Å²) in [7, 11) is 1.53. The summed E-state index contributed by atoms with van der Waals surface area (Å²) in [4.78, 5) is 24.0. The predicted octanol–water partition coefficient (Wildman–Crippen LogP) is 1.31. The van der Waals surface area contributed by atoms with Gasteiger partial charge in [-0.1, -0.05) is 0 Å². The van der Waals surface area contributed by atoms with Gasteiger partial charge in [0.15, 0.2) is 0 Å². The first-order valence-corrected chi connectivity index (χ1v) is 5.25. The molecule has 0 saturated heterocycles. The monoisotopic (exact) mass is 237 g/mol. The number of hydrogen-bond acceptors (Lipinski definition) is 4. The Labute approximate surface area is 99.7 Å². The first-order chi connectivity index (χ1) is 8.13. The number of rotatable bonds is 5. The van der Waals surface area contributed by atoms with Crippen molar-refractivity contribution in [1.82, 2.24) is 4.90 Å². The molecule has 0 fully saturated rings. The van der Waals surface area contributed by atoms with E-state index in [0.717, 1.165) is 0 Å². The summed E-state index contributed by atoms with van der Waals surface area (Å²) in [6.07, 6.45) is 4.41. The van der Waals surface area contributed by atoms with Gasteiger partial charge in [-0.3, -0.25) is 9.59 Å². The van der Waals surface area contributed by atoms with Crippen LogP contribution < -0.4 is 0 Å². The molecule has 0 aliphatic carbocycles. The van der Waals surface area contributed by atoms with Gasteiger partial charge in [-0.05, 0) is 25.1 Å². The van der Waals surface area contributed by atoms with Crippen molar-refractivity contribution in [1.29, 1.82) is 0 Å². The average Bonchev–Trinajstić information content (AvgIpc) is 2.78. The van der Waals surface area contributed by atoms with Crippen molar-refractivity contribution in [3.05, 3.63) is 30.2 Å². The normalized spacial score (nSPS) is 10.5. The molecular formula is C12H15NO4. The van der Waals surface area contributed by atoms with Gasteiger partial charge in [0.1, 0.15) is 12.3 Å². The molecule has 17 heavy (non-hydrogen) atoms. The fourth-order valence-electron chi connectivity index (χ4n) is 1.14. The third-order valence-electron chi connectivity index (χ3n) is 1.98. The van der Waals surface area contributed by atoms with Crippen LogP contribution in [0.3, 0.4) is 0 Å². The number of esters is 1. The minimum Gasteiger partial charge on any atom is -0.465 e. The Kier molecular flexibility index (Phi) is 5.00. The second kappa shape index (κ2) is 6.52. The third kappa shape index (κ3) is 4.55. The standard InChI is InChI=1S/C12H15NO4/c1-3-16-12(15)9-13(2)11(14)7-6-10-5-4-8-17-10/h4-8H,3,9H2,1-2H3. The van der Waals surface area contributed by atoms with E-state index in [4.69, 9.17) is 9.15 Å². The molecule has 0 aliphatic heterocycles. The number of hydrogen-bond donors (Lipinski definition) is 0. The van der Waals surface area contributed by atoms with Crippen LogP contribution in [0.1, 0.15) is 12.7 Å². The van der Waals surface area contributed by atoms with Crippen molar-refractivity contribution in [2.24, 2.45) is 0 Å². The van der Waals surface area contributed by atoms with E-state index in [1.165, 1.54) is 24.3 Å². The second-order valence-electron chi connectivity index (χ2n) is 3.35. The van der Waals surface area contributed by atoms with Gasteiger partial charge in [0.05, 0.1) is 12.9 Å². The van der Waals surface area contributed by atoms with E-state index in [2.05, 4.69) is 0 Å². The maximum Gasteiger partial charge on any atom is 0.325 e. The van der Waals surface area contributed by atoms with Gasteiger partial charge in [-0.2, -0.15) is 0 Å². The lowest BCUT2D eigenvalue weighted by Crippen LogP contribution is -2.31. The molecule has 0 N–H and O–H groups in total. The van der Waals surface area contributed by atoms with Gasteiger partial charge in [0.2, 0.25) is 5.91 Å². The Hall–Kier alpha value is -2.04. The average molecular weight is 237 g/mol. The van der Waals surface area contributed by atoms with Crippen LogP contribution in [-0.4, -0.2) is 37.0 Å². The number of nitrogens with zero attached hydrogens (tertiary/aromatic N) is 1. The van der Waals surface area contributed by atoms with Crippen LogP contribution in [0.25, 0.3) is 6.08 Å². The highest BCUT2D eigenvalue weighted by molar-refractivity contribution is 5.93. The lowest BCUT2D eigenvalue weighted by molar-refractivity contribution is -0.146. The largest absolute Gasteiger partial charge is 0.465 e. The SMILES string of the molecule is CCOC(=O)CN(C)C(=O)C=Cc1ccco1. The van der Waals surface area contributed by atoms with E-state index >= 15 is 0 Å². The van der Waals surface area contributed by atoms with Gasteiger partial charge < -0.3 is 14.1 Å². The summed E-state index contributed by atoms with van der Waals surface area (Å²) < 4.78 is 9.77. The first kappa shape index (κ1) is 13.0. The molecule has 0 atom stereocenters. The number of furan rings is 1. The molecular weight excluding hydrogens is 222 g/mol. The molecule has 92 valence electrons. The van der Waals surface area contributed by atoms with Gasteiger partial charge in [-0.15, -0.1) is 0 Å². The molecule has 0 aliphatic rings. The van der Waals surface area contributed by atoms with Gasteiger partial charge in [0.25, 0.3) is 0 Å². The highest BCUT2D eigenvalue weighted by Gasteiger charge is 2.10. The lowest BCUT2D eigenvalue weighted by Gasteiger charge is -2.13. The molecule has 5 heteroatoms. The maximum atomic E-state index is 11.6. The summed E-state index contributed by atoms with van der Waals surface area (Å²) in [5.41, 5.74) is 0. The van der Waals surface area contributed by atoms with Crippen LogP contribution in [-0.2, 0) is 14.3 Å². The Morgan fingerprint density at radius 3 is 2.88 bits per heavy atom. The number of ether oxygens (including phenoxy) is 1. The smallest absolute Gasteiger partial charge is 0.325 e. The molecule has 0 saturated carbocycles. The minimum atomic E-state index is -0.422. The summed E-state index contributed by atoms with van der Waals surface area (Å²) in [6.45, 7) is 1.97. The molecule has 1 aromatic heterocycles. The van der Waals surface area contributed by atoms with Crippen molar-refractivity contribution in [3.63, 3.8) is 0 Å². The number of carbonyl (C=O) groups excluding carboxylic acids is 2. The zero-order valence-electron chi connectivity index (χ0n) is 9.88. The highest BCUT2D eigenvalue weighted by Crippen LogP contribution is 2.02. The quantitative estimate of drug-likeness (QED) is 0.572. The molecule has 1 aromatic rings. The number of likely N-dealkylation sites (N-methyl/N-ethyl adjacent to an activating group) is 1. The van der Waals surface area contributed by atoms with Crippen molar-refractivity contribution in [2.75, 3.05) is 20.2 Å². The lowest BCUT2D eigenvalue weighted by atomic mass is 10.3. The molecule has 1 heterocycles. The van der Waals surface area contributed by atoms with Crippen LogP contribution in [0.2, 0.25) is 0 Å². The predicted molar refractivity (Wildman–Crippen MR) is 62.0 cm³/mol. The summed E-state index contributed by atoms with van der Waals surface area (Å²) in [5.74, 6) is -0.118. The van der Waals surface area contributed by atoms with Gasteiger partial charge in [-0.25, -0.2) is 0 Å². The van der Waals surface area contributed by atoms with E-state index in [1.807, 2.05) is 0 Å². The van der Waals surface area contributed by atoms with E-state index in [9.17, 15) is 9.59 Å². The molecule has 1 rings (SSSR count). The van der Waals surface area contributed by atoms with Crippen molar-refractivity contribution >= 4 is 18.0 Å². The minimum absolute atomic E-state index is 0.0603. The molecule has 0 radical (unpaired) electrons. The third-order valence-corrected chi connectivity index (χ3v) is 1.98. The van der Waals surface area contributed by atoms with Crippen molar-refractivity contribution in [2.45, 2.75) is 6.92 Å². The number of carbonyl (C=O) groups is 2. The van der Waals surface area contributed by atoms with Crippen LogP contribution in [0, 0.1) is 0 Å². The Morgan fingerprint density at radius 1 is 1.53 bits per heavy atom. The number of amides is 1. The van der Waals surface area contributed by atoms with Gasteiger partial charge in [0, 0.05) is 13.1 Å².